The van der Waals surface area contributed by atoms with Crippen molar-refractivity contribution in [3.05, 3.63) is 59.7 Å². The highest BCUT2D eigenvalue weighted by atomic mass is 19.1. The molecule has 1 heterocycles. The maximum absolute atomic E-state index is 13.7. The highest BCUT2D eigenvalue weighted by Crippen LogP contribution is 2.22. The van der Waals surface area contributed by atoms with Crippen molar-refractivity contribution < 1.29 is 9.13 Å². The molecule has 0 aliphatic carbocycles. The number of nitrogens with zero attached hydrogens (tertiary/aromatic N) is 1. The SMILES string of the molecule is CCOc1cncc(C(Cc2ccccc2F)NN)c1. The molecule has 2 aromatic rings. The first-order valence-electron chi connectivity index (χ1n) is 6.52. The highest BCUT2D eigenvalue weighted by molar-refractivity contribution is 5.28. The van der Waals surface area contributed by atoms with E-state index in [9.17, 15) is 4.39 Å². The predicted molar refractivity (Wildman–Crippen MR) is 75.6 cm³/mol. The van der Waals surface area contributed by atoms with E-state index in [1.54, 1.807) is 30.6 Å². The number of ether oxygens (including phenoxy) is 1. The molecule has 0 radical (unpaired) electrons. The van der Waals surface area contributed by atoms with Crippen molar-refractivity contribution in [2.45, 2.75) is 19.4 Å². The Kier molecular flexibility index (Phi) is 5.03. The van der Waals surface area contributed by atoms with Crippen LogP contribution in [0.2, 0.25) is 0 Å². The van der Waals surface area contributed by atoms with Gasteiger partial charge in [0.05, 0.1) is 18.8 Å². The van der Waals surface area contributed by atoms with E-state index >= 15 is 0 Å². The van der Waals surface area contributed by atoms with Crippen LogP contribution in [0.5, 0.6) is 5.75 Å². The third-order valence-corrected chi connectivity index (χ3v) is 3.03. The number of aromatic nitrogens is 1. The molecule has 0 aliphatic rings. The molecule has 4 nitrogen and oxygen atoms in total. The van der Waals surface area contributed by atoms with E-state index in [0.29, 0.717) is 24.3 Å². The molecule has 20 heavy (non-hydrogen) atoms. The molecule has 106 valence electrons. The monoisotopic (exact) mass is 275 g/mol. The zero-order chi connectivity index (χ0) is 14.4. The smallest absolute Gasteiger partial charge is 0.137 e. The van der Waals surface area contributed by atoms with Gasteiger partial charge in [-0.1, -0.05) is 18.2 Å². The molecule has 0 saturated carbocycles. The van der Waals surface area contributed by atoms with Gasteiger partial charge in [-0.3, -0.25) is 16.3 Å². The molecule has 1 aromatic heterocycles. The fraction of sp³-hybridized carbons (Fsp3) is 0.267. The topological polar surface area (TPSA) is 60.2 Å². The number of halogens is 1. The third kappa shape index (κ3) is 3.53. The van der Waals surface area contributed by atoms with Gasteiger partial charge in [0, 0.05) is 6.20 Å². The summed E-state index contributed by atoms with van der Waals surface area (Å²) >= 11 is 0. The van der Waals surface area contributed by atoms with Crippen LogP contribution in [-0.2, 0) is 6.42 Å². The van der Waals surface area contributed by atoms with Crippen LogP contribution in [-0.4, -0.2) is 11.6 Å². The van der Waals surface area contributed by atoms with E-state index in [-0.39, 0.29) is 11.9 Å². The van der Waals surface area contributed by atoms with Crippen molar-refractivity contribution in [1.82, 2.24) is 10.4 Å². The van der Waals surface area contributed by atoms with E-state index in [2.05, 4.69) is 10.4 Å². The third-order valence-electron chi connectivity index (χ3n) is 3.03. The van der Waals surface area contributed by atoms with E-state index in [1.165, 1.54) is 6.07 Å². The van der Waals surface area contributed by atoms with Crippen LogP contribution in [0.4, 0.5) is 4.39 Å². The molecule has 0 fully saturated rings. The van der Waals surface area contributed by atoms with E-state index in [0.717, 1.165) is 5.56 Å². The molecule has 0 aliphatic heterocycles. The van der Waals surface area contributed by atoms with Crippen LogP contribution in [0, 0.1) is 5.82 Å². The lowest BCUT2D eigenvalue weighted by molar-refractivity contribution is 0.337. The molecule has 0 amide bonds. The first-order valence-corrected chi connectivity index (χ1v) is 6.52. The fourth-order valence-electron chi connectivity index (χ4n) is 2.03. The Labute approximate surface area is 117 Å². The van der Waals surface area contributed by atoms with Crippen LogP contribution < -0.4 is 16.0 Å². The summed E-state index contributed by atoms with van der Waals surface area (Å²) in [4.78, 5) is 4.12. The summed E-state index contributed by atoms with van der Waals surface area (Å²) < 4.78 is 19.1. The number of nitrogens with one attached hydrogen (secondary N) is 1. The molecule has 1 aromatic carbocycles. The number of rotatable bonds is 6. The van der Waals surface area contributed by atoms with Crippen molar-refractivity contribution in [1.29, 1.82) is 0 Å². The van der Waals surface area contributed by atoms with Crippen LogP contribution >= 0.6 is 0 Å². The molecular formula is C15H18FN3O. The Hall–Kier alpha value is -1.98. The second kappa shape index (κ2) is 6.98. The number of hydrogen-bond donors (Lipinski definition) is 2. The zero-order valence-corrected chi connectivity index (χ0v) is 11.3. The fourth-order valence-corrected chi connectivity index (χ4v) is 2.03. The van der Waals surface area contributed by atoms with Gasteiger partial charge in [0.15, 0.2) is 0 Å². The van der Waals surface area contributed by atoms with E-state index in [4.69, 9.17) is 10.6 Å². The van der Waals surface area contributed by atoms with Crippen LogP contribution in [0.3, 0.4) is 0 Å². The zero-order valence-electron chi connectivity index (χ0n) is 11.3. The van der Waals surface area contributed by atoms with Gasteiger partial charge in [-0.15, -0.1) is 0 Å². The molecule has 0 bridgehead atoms. The molecule has 0 saturated heterocycles. The first-order chi connectivity index (χ1) is 9.74. The van der Waals surface area contributed by atoms with E-state index in [1.807, 2.05) is 13.0 Å². The molecular weight excluding hydrogens is 257 g/mol. The minimum absolute atomic E-state index is 0.222. The second-order valence-corrected chi connectivity index (χ2v) is 4.40. The standard InChI is InChI=1S/C15H18FN3O/c1-2-20-13-7-12(9-18-10-13)15(19-17)8-11-5-3-4-6-14(11)16/h3-7,9-10,15,19H,2,8,17H2,1H3. The van der Waals surface area contributed by atoms with Crippen LogP contribution in [0.25, 0.3) is 0 Å². The predicted octanol–water partition coefficient (Wildman–Crippen LogP) is 2.37. The summed E-state index contributed by atoms with van der Waals surface area (Å²) in [5.74, 6) is 6.03. The highest BCUT2D eigenvalue weighted by Gasteiger charge is 2.14. The average Bonchev–Trinajstić information content (AvgIpc) is 2.47. The first kappa shape index (κ1) is 14.4. The minimum Gasteiger partial charge on any atom is -0.492 e. The molecule has 1 unspecified atom stereocenters. The Balaban J connectivity index is 2.20. The lowest BCUT2D eigenvalue weighted by Crippen LogP contribution is -2.30. The van der Waals surface area contributed by atoms with Crippen molar-refractivity contribution >= 4 is 0 Å². The Morgan fingerprint density at radius 2 is 2.15 bits per heavy atom. The van der Waals surface area contributed by atoms with Crippen molar-refractivity contribution in [2.24, 2.45) is 5.84 Å². The summed E-state index contributed by atoms with van der Waals surface area (Å²) in [7, 11) is 0. The summed E-state index contributed by atoms with van der Waals surface area (Å²) in [5, 5.41) is 0. The molecule has 3 N–H and O–H groups in total. The summed E-state index contributed by atoms with van der Waals surface area (Å²) in [6, 6.07) is 8.31. The van der Waals surface area contributed by atoms with Crippen LogP contribution in [0.1, 0.15) is 24.1 Å². The lowest BCUT2D eigenvalue weighted by Gasteiger charge is -2.17. The Bertz CT molecular complexity index is 562. The number of hydrogen-bond acceptors (Lipinski definition) is 4. The maximum Gasteiger partial charge on any atom is 0.137 e. The van der Waals surface area contributed by atoms with Gasteiger partial charge in [0.25, 0.3) is 0 Å². The molecule has 2 rings (SSSR count). The molecule has 0 spiro atoms. The van der Waals surface area contributed by atoms with Crippen molar-refractivity contribution in [3.8, 4) is 5.75 Å². The maximum atomic E-state index is 13.7. The minimum atomic E-state index is -0.235. The largest absolute Gasteiger partial charge is 0.492 e. The summed E-state index contributed by atoms with van der Waals surface area (Å²) in [5.41, 5.74) is 4.17. The van der Waals surface area contributed by atoms with Gasteiger partial charge in [-0.25, -0.2) is 4.39 Å². The summed E-state index contributed by atoms with van der Waals surface area (Å²) in [6.45, 7) is 2.48. The lowest BCUT2D eigenvalue weighted by atomic mass is 10.0. The van der Waals surface area contributed by atoms with Crippen LogP contribution in [0.15, 0.2) is 42.7 Å². The molecule has 1 atom stereocenters. The van der Waals surface area contributed by atoms with Crippen molar-refractivity contribution in [2.75, 3.05) is 6.61 Å². The second-order valence-electron chi connectivity index (χ2n) is 4.40. The number of pyridine rings is 1. The quantitative estimate of drug-likeness (QED) is 0.627. The van der Waals surface area contributed by atoms with Gasteiger partial charge in [-0.05, 0) is 36.6 Å². The average molecular weight is 275 g/mol. The Morgan fingerprint density at radius 3 is 2.85 bits per heavy atom. The Morgan fingerprint density at radius 1 is 1.35 bits per heavy atom. The van der Waals surface area contributed by atoms with Gasteiger partial charge in [-0.2, -0.15) is 0 Å². The summed E-state index contributed by atoms with van der Waals surface area (Å²) in [6.07, 6.45) is 3.79. The van der Waals surface area contributed by atoms with Gasteiger partial charge >= 0.3 is 0 Å². The van der Waals surface area contributed by atoms with E-state index < -0.39 is 0 Å². The molecule has 5 heteroatoms. The number of benzene rings is 1. The normalized spacial score (nSPS) is 12.2. The number of nitrogens with two attached hydrogens (primary N) is 1. The number of hydrazine groups is 1. The van der Waals surface area contributed by atoms with Gasteiger partial charge in [0.1, 0.15) is 11.6 Å². The van der Waals surface area contributed by atoms with Gasteiger partial charge < -0.3 is 4.74 Å². The van der Waals surface area contributed by atoms with Gasteiger partial charge in [0.2, 0.25) is 0 Å². The van der Waals surface area contributed by atoms with Crippen molar-refractivity contribution in [3.63, 3.8) is 0 Å².